The Balaban J connectivity index is 1.96. The fourth-order valence-corrected chi connectivity index (χ4v) is 2.66. The zero-order valence-electron chi connectivity index (χ0n) is 16.6. The summed E-state index contributed by atoms with van der Waals surface area (Å²) in [5, 5.41) is 3.13. The lowest BCUT2D eigenvalue weighted by Crippen LogP contribution is -2.15. The van der Waals surface area contributed by atoms with E-state index in [0.717, 1.165) is 0 Å². The van der Waals surface area contributed by atoms with E-state index in [-0.39, 0.29) is 18.1 Å². The van der Waals surface area contributed by atoms with Crippen LogP contribution in [0.25, 0.3) is 11.0 Å². The van der Waals surface area contributed by atoms with E-state index in [0.29, 0.717) is 41.4 Å². The first-order valence-corrected chi connectivity index (χ1v) is 9.17. The maximum Gasteiger partial charge on any atom is 0.360 e. The molecule has 3 rings (SSSR count). The van der Waals surface area contributed by atoms with Crippen molar-refractivity contribution in [1.29, 1.82) is 0 Å². The van der Waals surface area contributed by atoms with Crippen LogP contribution in [0.3, 0.4) is 0 Å². The van der Waals surface area contributed by atoms with Gasteiger partial charge in [0.2, 0.25) is 0 Å². The third kappa shape index (κ3) is 4.91. The molecular weight excluding hydrogens is 374 g/mol. The molecule has 0 saturated carbocycles. The van der Waals surface area contributed by atoms with E-state index in [4.69, 9.17) is 18.9 Å². The Hall–Kier alpha value is -3.39. The summed E-state index contributed by atoms with van der Waals surface area (Å²) in [6.07, 6.45) is 0. The van der Waals surface area contributed by atoms with Crippen molar-refractivity contribution in [3.8, 4) is 11.5 Å². The van der Waals surface area contributed by atoms with Gasteiger partial charge in [0.25, 0.3) is 0 Å². The lowest BCUT2D eigenvalue weighted by Gasteiger charge is -2.14. The number of fused-ring (bicyclic) bond motifs is 1. The third-order valence-corrected chi connectivity index (χ3v) is 4.09. The molecule has 0 aliphatic carbocycles. The summed E-state index contributed by atoms with van der Waals surface area (Å²) >= 11 is 0. The van der Waals surface area contributed by atoms with Crippen molar-refractivity contribution in [2.75, 3.05) is 39.4 Å². The highest BCUT2D eigenvalue weighted by molar-refractivity contribution is 5.96. The molecule has 0 radical (unpaired) electrons. The average molecular weight is 397 g/mol. The third-order valence-electron chi connectivity index (χ3n) is 4.09. The predicted molar refractivity (Wildman–Crippen MR) is 109 cm³/mol. The molecule has 1 aromatic heterocycles. The number of rotatable bonds is 9. The van der Waals surface area contributed by atoms with Crippen LogP contribution in [0, 0.1) is 0 Å². The van der Waals surface area contributed by atoms with E-state index in [2.05, 4.69) is 15.3 Å². The van der Waals surface area contributed by atoms with Gasteiger partial charge >= 0.3 is 5.97 Å². The number of ether oxygens (including phenoxy) is 4. The Bertz CT molecular complexity index is 993. The Labute approximate surface area is 168 Å². The van der Waals surface area contributed by atoms with Gasteiger partial charge in [-0.15, -0.1) is 0 Å². The molecule has 152 valence electrons. The number of nitrogens with zero attached hydrogens (tertiary/aromatic N) is 2. The monoisotopic (exact) mass is 397 g/mol. The minimum absolute atomic E-state index is 0.0815. The maximum absolute atomic E-state index is 12.6. The number of carbonyl (C=O) groups excluding carboxylic acids is 1. The molecule has 0 atom stereocenters. The number of benzene rings is 2. The summed E-state index contributed by atoms with van der Waals surface area (Å²) < 4.78 is 21.1. The predicted octanol–water partition coefficient (Wildman–Crippen LogP) is 3.58. The highest BCUT2D eigenvalue weighted by Gasteiger charge is 2.19. The molecule has 0 unspecified atom stereocenters. The van der Waals surface area contributed by atoms with Crippen LogP contribution in [0.4, 0.5) is 11.5 Å². The maximum atomic E-state index is 12.6. The van der Waals surface area contributed by atoms with E-state index in [1.807, 2.05) is 25.1 Å². The summed E-state index contributed by atoms with van der Waals surface area (Å²) in [5.74, 6) is 0.869. The van der Waals surface area contributed by atoms with Crippen molar-refractivity contribution < 1.29 is 23.7 Å². The summed E-state index contributed by atoms with van der Waals surface area (Å²) in [7, 11) is 3.13. The van der Waals surface area contributed by atoms with Gasteiger partial charge < -0.3 is 24.3 Å². The molecule has 1 N–H and O–H groups in total. The summed E-state index contributed by atoms with van der Waals surface area (Å²) in [6.45, 7) is 2.88. The van der Waals surface area contributed by atoms with Crippen LogP contribution in [0.15, 0.2) is 42.5 Å². The Morgan fingerprint density at radius 2 is 1.76 bits per heavy atom. The molecule has 3 aromatic rings. The Morgan fingerprint density at radius 1 is 1.00 bits per heavy atom. The van der Waals surface area contributed by atoms with Gasteiger partial charge in [-0.2, -0.15) is 0 Å². The normalized spacial score (nSPS) is 10.6. The molecule has 1 heterocycles. The molecule has 0 amide bonds. The van der Waals surface area contributed by atoms with E-state index in [9.17, 15) is 4.79 Å². The number of esters is 1. The van der Waals surface area contributed by atoms with Gasteiger partial charge in [-0.3, -0.25) is 0 Å². The van der Waals surface area contributed by atoms with Crippen molar-refractivity contribution in [1.82, 2.24) is 9.97 Å². The van der Waals surface area contributed by atoms with Crippen LogP contribution < -0.4 is 14.8 Å². The lowest BCUT2D eigenvalue weighted by atomic mass is 10.2. The number of para-hydroxylation sites is 2. The van der Waals surface area contributed by atoms with Gasteiger partial charge in [-0.05, 0) is 31.2 Å². The number of hydrogen-bond acceptors (Lipinski definition) is 8. The van der Waals surface area contributed by atoms with Gasteiger partial charge in [0.15, 0.2) is 11.5 Å². The SMILES string of the molecule is CCOCCOC(=O)c1nc2ccccc2nc1Nc1ccc(OC)cc1OC. The molecule has 2 aromatic carbocycles. The summed E-state index contributed by atoms with van der Waals surface area (Å²) in [4.78, 5) is 21.7. The Kier molecular flexibility index (Phi) is 6.80. The van der Waals surface area contributed by atoms with E-state index in [1.54, 1.807) is 38.5 Å². The molecule has 0 saturated heterocycles. The van der Waals surface area contributed by atoms with Gasteiger partial charge in [0.05, 0.1) is 37.5 Å². The van der Waals surface area contributed by atoms with Crippen molar-refractivity contribution in [2.45, 2.75) is 6.92 Å². The van der Waals surface area contributed by atoms with Crippen molar-refractivity contribution >= 4 is 28.5 Å². The molecular formula is C21H23N3O5. The Morgan fingerprint density at radius 3 is 2.45 bits per heavy atom. The number of carbonyl (C=O) groups is 1. The van der Waals surface area contributed by atoms with Crippen LogP contribution in [-0.4, -0.2) is 50.0 Å². The first-order valence-electron chi connectivity index (χ1n) is 9.17. The van der Waals surface area contributed by atoms with E-state index < -0.39 is 5.97 Å². The van der Waals surface area contributed by atoms with Gasteiger partial charge in [-0.25, -0.2) is 14.8 Å². The minimum atomic E-state index is -0.585. The van der Waals surface area contributed by atoms with E-state index in [1.165, 1.54) is 0 Å². The molecule has 29 heavy (non-hydrogen) atoms. The first kappa shape index (κ1) is 20.3. The molecule has 8 heteroatoms. The van der Waals surface area contributed by atoms with E-state index >= 15 is 0 Å². The van der Waals surface area contributed by atoms with Gasteiger partial charge in [0, 0.05) is 12.7 Å². The molecule has 0 spiro atoms. The van der Waals surface area contributed by atoms with Crippen LogP contribution >= 0.6 is 0 Å². The number of hydrogen-bond donors (Lipinski definition) is 1. The number of nitrogens with one attached hydrogen (secondary N) is 1. The smallest absolute Gasteiger partial charge is 0.360 e. The number of aromatic nitrogens is 2. The first-order chi connectivity index (χ1) is 14.2. The van der Waals surface area contributed by atoms with Crippen molar-refractivity contribution in [3.63, 3.8) is 0 Å². The zero-order valence-corrected chi connectivity index (χ0v) is 16.6. The second kappa shape index (κ2) is 9.70. The van der Waals surface area contributed by atoms with Crippen molar-refractivity contribution in [2.24, 2.45) is 0 Å². The van der Waals surface area contributed by atoms with Gasteiger partial charge in [0.1, 0.15) is 18.1 Å². The molecule has 0 bridgehead atoms. The van der Waals surface area contributed by atoms with Crippen LogP contribution in [0.1, 0.15) is 17.4 Å². The lowest BCUT2D eigenvalue weighted by molar-refractivity contribution is 0.0330. The highest BCUT2D eigenvalue weighted by Crippen LogP contribution is 2.32. The topological polar surface area (TPSA) is 91.8 Å². The highest BCUT2D eigenvalue weighted by atomic mass is 16.6. The molecule has 0 aliphatic heterocycles. The quantitative estimate of drug-likeness (QED) is 0.433. The fraction of sp³-hybridized carbons (Fsp3) is 0.286. The molecule has 0 aliphatic rings. The second-order valence-electron chi connectivity index (χ2n) is 5.93. The van der Waals surface area contributed by atoms with Crippen LogP contribution in [-0.2, 0) is 9.47 Å². The number of methoxy groups -OCH3 is 2. The average Bonchev–Trinajstić information content (AvgIpc) is 2.76. The number of anilines is 2. The fourth-order valence-electron chi connectivity index (χ4n) is 2.66. The summed E-state index contributed by atoms with van der Waals surface area (Å²) in [6, 6.07) is 12.6. The van der Waals surface area contributed by atoms with Crippen LogP contribution in [0.5, 0.6) is 11.5 Å². The second-order valence-corrected chi connectivity index (χ2v) is 5.93. The minimum Gasteiger partial charge on any atom is -0.497 e. The van der Waals surface area contributed by atoms with Gasteiger partial charge in [-0.1, -0.05) is 12.1 Å². The zero-order chi connectivity index (χ0) is 20.6. The largest absolute Gasteiger partial charge is 0.497 e. The van der Waals surface area contributed by atoms with Crippen molar-refractivity contribution in [3.05, 3.63) is 48.2 Å². The molecule has 8 nitrogen and oxygen atoms in total. The molecule has 0 fully saturated rings. The van der Waals surface area contributed by atoms with Crippen LogP contribution in [0.2, 0.25) is 0 Å². The summed E-state index contributed by atoms with van der Waals surface area (Å²) in [5.41, 5.74) is 1.93. The standard InChI is InChI=1S/C21H23N3O5/c1-4-28-11-12-29-21(25)19-20(23-16-8-6-5-7-15(16)22-19)24-17-10-9-14(26-2)13-18(17)27-3/h5-10,13H,4,11-12H2,1-3H3,(H,23,24).